The highest BCUT2D eigenvalue weighted by Crippen LogP contribution is 2.20. The minimum Gasteiger partial charge on any atom is -0.237 e. The van der Waals surface area contributed by atoms with Gasteiger partial charge in [0.05, 0.1) is 11.9 Å². The number of aryl methyl sites for hydroxylation is 1. The van der Waals surface area contributed by atoms with Gasteiger partial charge in [0.15, 0.2) is 5.65 Å². The van der Waals surface area contributed by atoms with Crippen LogP contribution >= 0.6 is 0 Å². The van der Waals surface area contributed by atoms with E-state index in [4.69, 9.17) is 0 Å². The molecule has 3 aromatic heterocycles. The molecule has 3 aromatic rings. The predicted molar refractivity (Wildman–Crippen MR) is 60.9 cm³/mol. The summed E-state index contributed by atoms with van der Waals surface area (Å²) in [7, 11) is 0. The molecule has 0 aliphatic rings. The molecule has 4 nitrogen and oxygen atoms in total. The van der Waals surface area contributed by atoms with Crippen LogP contribution in [-0.2, 0) is 0 Å². The maximum absolute atomic E-state index is 13.1. The standard InChI is InChI=1S/C12H9FN4/c1-8-6-9(7-15-12(8)13)10-2-4-14-11-3-5-16-17(10)11/h2-7H,1H3. The van der Waals surface area contributed by atoms with E-state index in [1.807, 2.05) is 12.1 Å². The van der Waals surface area contributed by atoms with Gasteiger partial charge in [0.2, 0.25) is 5.95 Å². The van der Waals surface area contributed by atoms with Crippen LogP contribution in [-0.4, -0.2) is 19.6 Å². The Bertz CT molecular complexity index is 690. The molecule has 0 unspecified atom stereocenters. The lowest BCUT2D eigenvalue weighted by Gasteiger charge is -2.05. The molecule has 0 amide bonds. The van der Waals surface area contributed by atoms with E-state index in [2.05, 4.69) is 15.1 Å². The zero-order chi connectivity index (χ0) is 11.8. The molecule has 0 saturated carbocycles. The minimum absolute atomic E-state index is 0.445. The average Bonchev–Trinajstić information content (AvgIpc) is 2.80. The fourth-order valence-corrected chi connectivity index (χ4v) is 1.75. The Morgan fingerprint density at radius 2 is 2.06 bits per heavy atom. The van der Waals surface area contributed by atoms with Gasteiger partial charge in [-0.05, 0) is 19.1 Å². The van der Waals surface area contributed by atoms with Gasteiger partial charge in [0, 0.05) is 29.6 Å². The summed E-state index contributed by atoms with van der Waals surface area (Å²) in [5, 5.41) is 4.18. The van der Waals surface area contributed by atoms with Crippen LogP contribution in [0.2, 0.25) is 0 Å². The highest BCUT2D eigenvalue weighted by Gasteiger charge is 2.07. The lowest BCUT2D eigenvalue weighted by atomic mass is 10.1. The number of rotatable bonds is 1. The van der Waals surface area contributed by atoms with E-state index in [9.17, 15) is 4.39 Å². The summed E-state index contributed by atoms with van der Waals surface area (Å²) >= 11 is 0. The average molecular weight is 228 g/mol. The van der Waals surface area contributed by atoms with E-state index in [-0.39, 0.29) is 0 Å². The van der Waals surface area contributed by atoms with Crippen molar-refractivity contribution in [3.63, 3.8) is 0 Å². The Morgan fingerprint density at radius 3 is 2.88 bits per heavy atom. The minimum atomic E-state index is -0.445. The van der Waals surface area contributed by atoms with Gasteiger partial charge in [-0.3, -0.25) is 0 Å². The molecule has 0 spiro atoms. The van der Waals surface area contributed by atoms with Crippen LogP contribution in [0.15, 0.2) is 36.8 Å². The third-order valence-electron chi connectivity index (χ3n) is 2.60. The second-order valence-electron chi connectivity index (χ2n) is 3.76. The molecule has 0 radical (unpaired) electrons. The highest BCUT2D eigenvalue weighted by molar-refractivity contribution is 5.61. The molecule has 3 rings (SSSR count). The van der Waals surface area contributed by atoms with Gasteiger partial charge in [-0.1, -0.05) is 0 Å². The monoisotopic (exact) mass is 228 g/mol. The smallest absolute Gasteiger partial charge is 0.215 e. The van der Waals surface area contributed by atoms with Crippen LogP contribution in [0.25, 0.3) is 16.9 Å². The Morgan fingerprint density at radius 1 is 1.18 bits per heavy atom. The molecule has 84 valence electrons. The third-order valence-corrected chi connectivity index (χ3v) is 2.60. The molecule has 0 N–H and O–H groups in total. The Labute approximate surface area is 96.8 Å². The van der Waals surface area contributed by atoms with Crippen LogP contribution in [0.3, 0.4) is 0 Å². The zero-order valence-electron chi connectivity index (χ0n) is 9.13. The van der Waals surface area contributed by atoms with Crippen molar-refractivity contribution in [3.05, 3.63) is 48.3 Å². The first-order valence-electron chi connectivity index (χ1n) is 5.17. The van der Waals surface area contributed by atoms with Gasteiger partial charge in [0.1, 0.15) is 0 Å². The molecule has 0 aliphatic heterocycles. The van der Waals surface area contributed by atoms with E-state index in [1.54, 1.807) is 29.9 Å². The quantitative estimate of drug-likeness (QED) is 0.600. The molecule has 0 atom stereocenters. The van der Waals surface area contributed by atoms with Gasteiger partial charge >= 0.3 is 0 Å². The Hall–Kier alpha value is -2.30. The lowest BCUT2D eigenvalue weighted by molar-refractivity contribution is 0.574. The van der Waals surface area contributed by atoms with Gasteiger partial charge < -0.3 is 0 Å². The van der Waals surface area contributed by atoms with Crippen LogP contribution in [0.5, 0.6) is 0 Å². The number of aromatic nitrogens is 4. The molecule has 0 saturated heterocycles. The summed E-state index contributed by atoms with van der Waals surface area (Å²) in [5.74, 6) is -0.445. The van der Waals surface area contributed by atoms with E-state index < -0.39 is 5.95 Å². The number of halogens is 1. The van der Waals surface area contributed by atoms with Gasteiger partial charge in [-0.25, -0.2) is 14.5 Å². The number of nitrogens with zero attached hydrogens (tertiary/aromatic N) is 4. The highest BCUT2D eigenvalue weighted by atomic mass is 19.1. The van der Waals surface area contributed by atoms with Crippen molar-refractivity contribution >= 4 is 5.65 Å². The summed E-state index contributed by atoms with van der Waals surface area (Å²) in [6.07, 6.45) is 4.87. The van der Waals surface area contributed by atoms with Crippen molar-refractivity contribution in [1.29, 1.82) is 0 Å². The first-order chi connectivity index (χ1) is 8.25. The van der Waals surface area contributed by atoms with Crippen LogP contribution in [0, 0.1) is 12.9 Å². The van der Waals surface area contributed by atoms with Gasteiger partial charge in [-0.2, -0.15) is 9.49 Å². The molecule has 0 aliphatic carbocycles. The van der Waals surface area contributed by atoms with Crippen molar-refractivity contribution in [3.8, 4) is 11.3 Å². The largest absolute Gasteiger partial charge is 0.237 e. The van der Waals surface area contributed by atoms with E-state index in [1.165, 1.54) is 6.20 Å². The molecule has 0 fully saturated rings. The van der Waals surface area contributed by atoms with Gasteiger partial charge in [0.25, 0.3) is 0 Å². The number of fused-ring (bicyclic) bond motifs is 1. The zero-order valence-corrected chi connectivity index (χ0v) is 9.13. The molecular formula is C12H9FN4. The maximum Gasteiger partial charge on any atom is 0.215 e. The second-order valence-corrected chi connectivity index (χ2v) is 3.76. The summed E-state index contributed by atoms with van der Waals surface area (Å²) in [6.45, 7) is 1.69. The maximum atomic E-state index is 13.1. The van der Waals surface area contributed by atoms with E-state index in [0.29, 0.717) is 5.56 Å². The Kier molecular flexibility index (Phi) is 2.11. The van der Waals surface area contributed by atoms with Crippen LogP contribution in [0.4, 0.5) is 4.39 Å². The van der Waals surface area contributed by atoms with Crippen molar-refractivity contribution < 1.29 is 4.39 Å². The lowest BCUT2D eigenvalue weighted by Crippen LogP contribution is -1.97. The van der Waals surface area contributed by atoms with Crippen molar-refractivity contribution in [1.82, 2.24) is 19.6 Å². The summed E-state index contributed by atoms with van der Waals surface area (Å²) < 4.78 is 14.8. The van der Waals surface area contributed by atoms with Crippen LogP contribution < -0.4 is 0 Å². The number of hydrogen-bond acceptors (Lipinski definition) is 3. The molecule has 3 heterocycles. The number of hydrogen-bond donors (Lipinski definition) is 0. The molecule has 5 heteroatoms. The van der Waals surface area contributed by atoms with Gasteiger partial charge in [-0.15, -0.1) is 0 Å². The third kappa shape index (κ3) is 1.56. The summed E-state index contributed by atoms with van der Waals surface area (Å²) in [5.41, 5.74) is 2.93. The fraction of sp³-hybridized carbons (Fsp3) is 0.0833. The summed E-state index contributed by atoms with van der Waals surface area (Å²) in [6, 6.07) is 5.39. The molecule has 17 heavy (non-hydrogen) atoms. The first kappa shape index (κ1) is 9.89. The van der Waals surface area contributed by atoms with Crippen LogP contribution in [0.1, 0.15) is 5.56 Å². The normalized spacial score (nSPS) is 10.9. The Balaban J connectivity index is 2.26. The molecule has 0 bridgehead atoms. The van der Waals surface area contributed by atoms with Crippen molar-refractivity contribution in [2.75, 3.05) is 0 Å². The fourth-order valence-electron chi connectivity index (χ4n) is 1.75. The SMILES string of the molecule is Cc1cc(-c2ccnc3ccnn23)cnc1F. The van der Waals surface area contributed by atoms with E-state index in [0.717, 1.165) is 16.9 Å². The van der Waals surface area contributed by atoms with Crippen molar-refractivity contribution in [2.24, 2.45) is 0 Å². The predicted octanol–water partition coefficient (Wildman–Crippen LogP) is 2.24. The molecular weight excluding hydrogens is 219 g/mol. The number of pyridine rings is 1. The second kappa shape index (κ2) is 3.62. The summed E-state index contributed by atoms with van der Waals surface area (Å²) in [4.78, 5) is 7.89. The van der Waals surface area contributed by atoms with E-state index >= 15 is 0 Å². The molecule has 0 aromatic carbocycles. The van der Waals surface area contributed by atoms with Crippen molar-refractivity contribution in [2.45, 2.75) is 6.92 Å². The topological polar surface area (TPSA) is 43.1 Å². The first-order valence-corrected chi connectivity index (χ1v) is 5.17.